The Morgan fingerprint density at radius 3 is 2.12 bits per heavy atom. The van der Waals surface area contributed by atoms with Gasteiger partial charge in [-0.2, -0.15) is 0 Å². The van der Waals surface area contributed by atoms with Crippen LogP contribution in [0.1, 0.15) is 38.1 Å². The topological polar surface area (TPSA) is 54.0 Å². The zero-order valence-corrected chi connectivity index (χ0v) is 14.0. The fourth-order valence-electron chi connectivity index (χ4n) is 2.16. The molecule has 0 atom stereocenters. The standard InChI is InChI=1S/C15H18BF3O5/c1-13(2)14(3,4)24-16(23-13)9-6-7-11(22-15(17,18)19)10(8-9)12(20)21-5/h6-8H,1-5H3. The maximum Gasteiger partial charge on any atom is 0.573 e. The number of benzene rings is 1. The number of rotatable bonds is 3. The van der Waals surface area contributed by atoms with Gasteiger partial charge < -0.3 is 18.8 Å². The van der Waals surface area contributed by atoms with Gasteiger partial charge in [0.05, 0.1) is 18.3 Å². The number of ether oxygens (including phenoxy) is 2. The second kappa shape index (κ2) is 5.96. The summed E-state index contributed by atoms with van der Waals surface area (Å²) in [6.07, 6.45) is -4.92. The van der Waals surface area contributed by atoms with Crippen LogP contribution in [0.5, 0.6) is 5.75 Å². The summed E-state index contributed by atoms with van der Waals surface area (Å²) in [5.41, 5.74) is -1.21. The van der Waals surface area contributed by atoms with Crippen molar-refractivity contribution in [3.8, 4) is 5.75 Å². The number of esters is 1. The molecule has 1 heterocycles. The van der Waals surface area contributed by atoms with E-state index in [1.165, 1.54) is 12.1 Å². The predicted octanol–water partition coefficient (Wildman–Crippen LogP) is 2.67. The summed E-state index contributed by atoms with van der Waals surface area (Å²) in [6.45, 7) is 7.37. The monoisotopic (exact) mass is 346 g/mol. The van der Waals surface area contributed by atoms with Crippen molar-refractivity contribution in [1.82, 2.24) is 0 Å². The molecule has 1 aliphatic heterocycles. The first-order valence-corrected chi connectivity index (χ1v) is 7.20. The van der Waals surface area contributed by atoms with Crippen LogP contribution in [0.3, 0.4) is 0 Å². The molecule has 0 saturated carbocycles. The number of halogens is 3. The Morgan fingerprint density at radius 1 is 1.12 bits per heavy atom. The summed E-state index contributed by atoms with van der Waals surface area (Å²) in [6, 6.07) is 3.62. The lowest BCUT2D eigenvalue weighted by molar-refractivity contribution is -0.274. The van der Waals surface area contributed by atoms with E-state index in [-0.39, 0.29) is 5.56 Å². The minimum Gasteiger partial charge on any atom is -0.465 e. The number of hydrogen-bond acceptors (Lipinski definition) is 5. The average molecular weight is 346 g/mol. The van der Waals surface area contributed by atoms with Crippen LogP contribution in [0, 0.1) is 0 Å². The maximum atomic E-state index is 12.5. The molecule has 5 nitrogen and oxygen atoms in total. The van der Waals surface area contributed by atoms with Gasteiger partial charge >= 0.3 is 19.5 Å². The molecule has 0 aliphatic carbocycles. The van der Waals surface area contributed by atoms with E-state index in [1.54, 1.807) is 0 Å². The minimum atomic E-state index is -4.92. The van der Waals surface area contributed by atoms with Gasteiger partial charge in [0.25, 0.3) is 0 Å². The molecule has 0 spiro atoms. The van der Waals surface area contributed by atoms with Gasteiger partial charge in [-0.25, -0.2) is 4.79 Å². The number of hydrogen-bond donors (Lipinski definition) is 0. The molecule has 0 unspecified atom stereocenters. The first-order valence-electron chi connectivity index (χ1n) is 7.20. The van der Waals surface area contributed by atoms with Crippen molar-refractivity contribution in [3.05, 3.63) is 23.8 Å². The van der Waals surface area contributed by atoms with Crippen LogP contribution in [0.15, 0.2) is 18.2 Å². The number of carbonyl (C=O) groups is 1. The van der Waals surface area contributed by atoms with E-state index in [9.17, 15) is 18.0 Å². The molecule has 0 radical (unpaired) electrons. The van der Waals surface area contributed by atoms with Crippen molar-refractivity contribution in [2.45, 2.75) is 45.3 Å². The highest BCUT2D eigenvalue weighted by Gasteiger charge is 2.52. The number of alkyl halides is 3. The van der Waals surface area contributed by atoms with Crippen LogP contribution >= 0.6 is 0 Å². The van der Waals surface area contributed by atoms with Gasteiger partial charge in [-0.15, -0.1) is 13.2 Å². The van der Waals surface area contributed by atoms with Crippen LogP contribution in [-0.2, 0) is 14.0 Å². The van der Waals surface area contributed by atoms with Crippen molar-refractivity contribution in [2.24, 2.45) is 0 Å². The quantitative estimate of drug-likeness (QED) is 0.622. The highest BCUT2D eigenvalue weighted by Crippen LogP contribution is 2.37. The van der Waals surface area contributed by atoms with Gasteiger partial charge in [0.1, 0.15) is 11.3 Å². The lowest BCUT2D eigenvalue weighted by Crippen LogP contribution is -2.41. The van der Waals surface area contributed by atoms with E-state index in [2.05, 4.69) is 9.47 Å². The van der Waals surface area contributed by atoms with Crippen molar-refractivity contribution in [3.63, 3.8) is 0 Å². The first kappa shape index (κ1) is 18.6. The Hall–Kier alpha value is -1.74. The fraction of sp³-hybridized carbons (Fsp3) is 0.533. The Bertz CT molecular complexity index is 626. The number of carbonyl (C=O) groups excluding carboxylic acids is 1. The Labute approximate surface area is 138 Å². The molecule has 1 fully saturated rings. The normalized spacial score (nSPS) is 19.2. The maximum absolute atomic E-state index is 12.5. The van der Waals surface area contributed by atoms with Crippen LogP contribution in [0.25, 0.3) is 0 Å². The molecule has 2 rings (SSSR count). The molecule has 24 heavy (non-hydrogen) atoms. The number of methoxy groups -OCH3 is 1. The molecule has 0 N–H and O–H groups in total. The van der Waals surface area contributed by atoms with E-state index < -0.39 is 36.4 Å². The van der Waals surface area contributed by atoms with E-state index in [0.29, 0.717) is 5.46 Å². The van der Waals surface area contributed by atoms with E-state index in [1.807, 2.05) is 27.7 Å². The minimum absolute atomic E-state index is 0.359. The summed E-state index contributed by atoms with van der Waals surface area (Å²) in [4.78, 5) is 11.8. The van der Waals surface area contributed by atoms with Gasteiger partial charge in [0, 0.05) is 0 Å². The van der Waals surface area contributed by atoms with E-state index in [4.69, 9.17) is 9.31 Å². The Kier molecular flexibility index (Phi) is 4.62. The largest absolute Gasteiger partial charge is 0.573 e. The Balaban J connectivity index is 2.39. The van der Waals surface area contributed by atoms with Crippen molar-refractivity contribution in [2.75, 3.05) is 7.11 Å². The van der Waals surface area contributed by atoms with Crippen molar-refractivity contribution >= 4 is 18.6 Å². The molecular formula is C15H18BF3O5. The van der Waals surface area contributed by atoms with Crippen LogP contribution < -0.4 is 10.2 Å². The SMILES string of the molecule is COC(=O)c1cc(B2OC(C)(C)C(C)(C)O2)ccc1OC(F)(F)F. The molecule has 9 heteroatoms. The molecule has 1 aromatic rings. The molecule has 0 bridgehead atoms. The first-order chi connectivity index (χ1) is 10.9. The predicted molar refractivity (Wildman–Crippen MR) is 80.2 cm³/mol. The summed E-state index contributed by atoms with van der Waals surface area (Å²) < 4.78 is 57.4. The fourth-order valence-corrected chi connectivity index (χ4v) is 2.16. The van der Waals surface area contributed by atoms with Crippen LogP contribution in [0.4, 0.5) is 13.2 Å². The summed E-state index contributed by atoms with van der Waals surface area (Å²) >= 11 is 0. The zero-order chi connectivity index (χ0) is 18.3. The third-order valence-electron chi connectivity index (χ3n) is 4.16. The van der Waals surface area contributed by atoms with Gasteiger partial charge in [-0.05, 0) is 45.3 Å². The lowest BCUT2D eigenvalue weighted by Gasteiger charge is -2.32. The van der Waals surface area contributed by atoms with Gasteiger partial charge in [-0.1, -0.05) is 6.07 Å². The molecule has 0 aromatic heterocycles. The van der Waals surface area contributed by atoms with E-state index in [0.717, 1.165) is 13.2 Å². The Morgan fingerprint density at radius 2 is 1.67 bits per heavy atom. The third-order valence-corrected chi connectivity index (χ3v) is 4.16. The van der Waals surface area contributed by atoms with Crippen molar-refractivity contribution < 1.29 is 36.7 Å². The highest BCUT2D eigenvalue weighted by atomic mass is 19.4. The highest BCUT2D eigenvalue weighted by molar-refractivity contribution is 6.62. The molecule has 132 valence electrons. The third kappa shape index (κ3) is 3.67. The second-order valence-electron chi connectivity index (χ2n) is 6.38. The van der Waals surface area contributed by atoms with Crippen LogP contribution in [0.2, 0.25) is 0 Å². The zero-order valence-electron chi connectivity index (χ0n) is 14.0. The van der Waals surface area contributed by atoms with Gasteiger partial charge in [0.2, 0.25) is 0 Å². The van der Waals surface area contributed by atoms with Crippen molar-refractivity contribution in [1.29, 1.82) is 0 Å². The molecule has 0 amide bonds. The smallest absolute Gasteiger partial charge is 0.465 e. The van der Waals surface area contributed by atoms with Gasteiger partial charge in [-0.3, -0.25) is 0 Å². The van der Waals surface area contributed by atoms with E-state index >= 15 is 0 Å². The summed E-state index contributed by atoms with van der Waals surface area (Å²) in [7, 11) is 0.250. The average Bonchev–Trinajstić information content (AvgIpc) is 2.65. The molecular weight excluding hydrogens is 328 g/mol. The molecule has 1 saturated heterocycles. The summed E-state index contributed by atoms with van der Waals surface area (Å²) in [5.74, 6) is -1.60. The van der Waals surface area contributed by atoms with Gasteiger partial charge in [0.15, 0.2) is 0 Å². The molecule has 1 aromatic carbocycles. The van der Waals surface area contributed by atoms with Crippen LogP contribution in [-0.4, -0.2) is 37.8 Å². The molecule has 1 aliphatic rings. The lowest BCUT2D eigenvalue weighted by atomic mass is 9.78. The second-order valence-corrected chi connectivity index (χ2v) is 6.38. The summed E-state index contributed by atoms with van der Waals surface area (Å²) in [5, 5.41) is 0.